The van der Waals surface area contributed by atoms with Gasteiger partial charge in [0, 0.05) is 29.2 Å². The van der Waals surface area contributed by atoms with Gasteiger partial charge >= 0.3 is 0 Å². The zero-order chi connectivity index (χ0) is 17.5. The molecule has 0 fully saturated rings. The summed E-state index contributed by atoms with van der Waals surface area (Å²) in [6, 6.07) is 13.7. The molecule has 0 atom stereocenters. The average Bonchev–Trinajstić information content (AvgIpc) is 3.15. The molecule has 0 unspecified atom stereocenters. The van der Waals surface area contributed by atoms with Crippen LogP contribution in [0.3, 0.4) is 0 Å². The van der Waals surface area contributed by atoms with Crippen molar-refractivity contribution >= 4 is 28.1 Å². The van der Waals surface area contributed by atoms with Crippen molar-refractivity contribution in [2.24, 2.45) is 0 Å². The molecule has 130 valence electrons. The number of thiazole rings is 1. The Kier molecular flexibility index (Phi) is 6.14. The molecule has 1 N–H and O–H groups in total. The van der Waals surface area contributed by atoms with Gasteiger partial charge in [-0.15, -0.1) is 11.3 Å². The first kappa shape index (κ1) is 17.6. The third kappa shape index (κ3) is 4.87. The standard InChI is InChI=1S/C19H19ClN2O2S/c1-2-23-17-10-15(12-22-19-21-8-9-25-19)16(20)11-18(17)24-13-14-6-4-3-5-7-14/h3-11H,2,12-13H2,1H3,(H,21,22). The van der Waals surface area contributed by atoms with E-state index in [0.717, 1.165) is 16.3 Å². The monoisotopic (exact) mass is 374 g/mol. The average molecular weight is 375 g/mol. The lowest BCUT2D eigenvalue weighted by Gasteiger charge is -2.15. The van der Waals surface area contributed by atoms with Crippen LogP contribution in [0, 0.1) is 0 Å². The van der Waals surface area contributed by atoms with Crippen molar-refractivity contribution in [2.45, 2.75) is 20.1 Å². The lowest BCUT2D eigenvalue weighted by atomic mass is 10.2. The topological polar surface area (TPSA) is 43.4 Å². The molecule has 0 saturated carbocycles. The number of nitrogens with one attached hydrogen (secondary N) is 1. The van der Waals surface area contributed by atoms with E-state index in [-0.39, 0.29) is 0 Å². The summed E-state index contributed by atoms with van der Waals surface area (Å²) in [7, 11) is 0. The Balaban J connectivity index is 1.74. The minimum atomic E-state index is 0.466. The van der Waals surface area contributed by atoms with Crippen LogP contribution in [0.5, 0.6) is 11.5 Å². The predicted molar refractivity (Wildman–Crippen MR) is 103 cm³/mol. The summed E-state index contributed by atoms with van der Waals surface area (Å²) in [6.07, 6.45) is 1.76. The van der Waals surface area contributed by atoms with Gasteiger partial charge in [-0.05, 0) is 24.1 Å². The smallest absolute Gasteiger partial charge is 0.182 e. The molecule has 4 nitrogen and oxygen atoms in total. The fourth-order valence-electron chi connectivity index (χ4n) is 2.31. The third-order valence-corrected chi connectivity index (χ3v) is 4.59. The van der Waals surface area contributed by atoms with Crippen LogP contribution >= 0.6 is 22.9 Å². The van der Waals surface area contributed by atoms with Gasteiger partial charge < -0.3 is 14.8 Å². The summed E-state index contributed by atoms with van der Waals surface area (Å²) in [5.74, 6) is 1.34. The van der Waals surface area contributed by atoms with Gasteiger partial charge in [0.25, 0.3) is 0 Å². The Morgan fingerprint density at radius 1 is 1.12 bits per heavy atom. The van der Waals surface area contributed by atoms with Gasteiger partial charge in [-0.25, -0.2) is 4.98 Å². The zero-order valence-corrected chi connectivity index (χ0v) is 15.4. The predicted octanol–water partition coefficient (Wildman–Crippen LogP) is 5.39. The van der Waals surface area contributed by atoms with E-state index in [0.29, 0.717) is 36.3 Å². The van der Waals surface area contributed by atoms with Gasteiger partial charge in [-0.2, -0.15) is 0 Å². The van der Waals surface area contributed by atoms with E-state index in [1.165, 1.54) is 0 Å². The molecule has 0 aliphatic heterocycles. The summed E-state index contributed by atoms with van der Waals surface area (Å²) < 4.78 is 11.7. The van der Waals surface area contributed by atoms with Crippen LogP contribution in [0.1, 0.15) is 18.1 Å². The van der Waals surface area contributed by atoms with Gasteiger partial charge in [0.2, 0.25) is 0 Å². The molecular weight excluding hydrogens is 356 g/mol. The van der Waals surface area contributed by atoms with Crippen molar-refractivity contribution in [1.82, 2.24) is 4.98 Å². The number of ether oxygens (including phenoxy) is 2. The number of hydrogen-bond donors (Lipinski definition) is 1. The number of halogens is 1. The summed E-state index contributed by atoms with van der Waals surface area (Å²) in [5, 5.41) is 6.68. The highest BCUT2D eigenvalue weighted by atomic mass is 35.5. The van der Waals surface area contributed by atoms with Crippen LogP contribution in [-0.2, 0) is 13.2 Å². The quantitative estimate of drug-likeness (QED) is 0.574. The fourth-order valence-corrected chi connectivity index (χ4v) is 3.06. The molecule has 3 aromatic rings. The number of nitrogens with zero attached hydrogens (tertiary/aromatic N) is 1. The summed E-state index contributed by atoms with van der Waals surface area (Å²) in [6.45, 7) is 3.55. The number of anilines is 1. The molecule has 1 heterocycles. The van der Waals surface area contributed by atoms with Gasteiger partial charge in [0.15, 0.2) is 16.6 Å². The molecule has 0 bridgehead atoms. The van der Waals surface area contributed by atoms with Crippen molar-refractivity contribution in [3.05, 3.63) is 70.2 Å². The van der Waals surface area contributed by atoms with E-state index in [2.05, 4.69) is 10.3 Å². The Hall–Kier alpha value is -2.24. The first-order chi connectivity index (χ1) is 12.3. The molecular formula is C19H19ClN2O2S. The number of rotatable bonds is 8. The first-order valence-corrected chi connectivity index (χ1v) is 9.27. The van der Waals surface area contributed by atoms with Crippen molar-refractivity contribution in [1.29, 1.82) is 0 Å². The number of aromatic nitrogens is 1. The third-order valence-electron chi connectivity index (χ3n) is 3.51. The maximum absolute atomic E-state index is 6.43. The number of benzene rings is 2. The molecule has 2 aromatic carbocycles. The van der Waals surface area contributed by atoms with Gasteiger partial charge in [0.05, 0.1) is 6.61 Å². The van der Waals surface area contributed by atoms with Gasteiger partial charge in [-0.1, -0.05) is 41.9 Å². The Morgan fingerprint density at radius 3 is 2.64 bits per heavy atom. The second-order valence-corrected chi connectivity index (χ2v) is 6.59. The highest BCUT2D eigenvalue weighted by Gasteiger charge is 2.12. The Bertz CT molecular complexity index is 795. The number of hydrogen-bond acceptors (Lipinski definition) is 5. The van der Waals surface area contributed by atoms with E-state index < -0.39 is 0 Å². The van der Waals surface area contributed by atoms with Crippen molar-refractivity contribution in [3.63, 3.8) is 0 Å². The lowest BCUT2D eigenvalue weighted by molar-refractivity contribution is 0.269. The maximum Gasteiger partial charge on any atom is 0.182 e. The summed E-state index contributed by atoms with van der Waals surface area (Å²) in [4.78, 5) is 4.21. The van der Waals surface area contributed by atoms with Crippen molar-refractivity contribution in [3.8, 4) is 11.5 Å². The van der Waals surface area contributed by atoms with E-state index >= 15 is 0 Å². The normalized spacial score (nSPS) is 10.5. The van der Waals surface area contributed by atoms with Crippen LogP contribution in [0.25, 0.3) is 0 Å². The van der Waals surface area contributed by atoms with Crippen LogP contribution < -0.4 is 14.8 Å². The lowest BCUT2D eigenvalue weighted by Crippen LogP contribution is -2.04. The second-order valence-electron chi connectivity index (χ2n) is 5.29. The highest BCUT2D eigenvalue weighted by Crippen LogP contribution is 2.34. The van der Waals surface area contributed by atoms with E-state index in [4.69, 9.17) is 21.1 Å². The minimum absolute atomic E-state index is 0.466. The molecule has 0 aliphatic carbocycles. The first-order valence-electron chi connectivity index (χ1n) is 8.01. The molecule has 6 heteroatoms. The van der Waals surface area contributed by atoms with E-state index in [9.17, 15) is 0 Å². The molecule has 25 heavy (non-hydrogen) atoms. The molecule has 0 spiro atoms. The van der Waals surface area contributed by atoms with Crippen LogP contribution in [0.2, 0.25) is 5.02 Å². The Labute approximate surface area is 156 Å². The van der Waals surface area contributed by atoms with Crippen LogP contribution in [0.4, 0.5) is 5.13 Å². The van der Waals surface area contributed by atoms with Crippen molar-refractivity contribution < 1.29 is 9.47 Å². The maximum atomic E-state index is 6.43. The summed E-state index contributed by atoms with van der Waals surface area (Å²) in [5.41, 5.74) is 2.03. The van der Waals surface area contributed by atoms with Gasteiger partial charge in [-0.3, -0.25) is 0 Å². The minimum Gasteiger partial charge on any atom is -0.490 e. The van der Waals surface area contributed by atoms with Crippen molar-refractivity contribution in [2.75, 3.05) is 11.9 Å². The molecule has 0 amide bonds. The largest absolute Gasteiger partial charge is 0.490 e. The second kappa shape index (κ2) is 8.74. The molecule has 1 aromatic heterocycles. The van der Waals surface area contributed by atoms with Crippen LogP contribution in [-0.4, -0.2) is 11.6 Å². The molecule has 3 rings (SSSR count). The van der Waals surface area contributed by atoms with Crippen LogP contribution in [0.15, 0.2) is 54.0 Å². The highest BCUT2D eigenvalue weighted by molar-refractivity contribution is 7.13. The molecule has 0 radical (unpaired) electrons. The zero-order valence-electron chi connectivity index (χ0n) is 13.9. The van der Waals surface area contributed by atoms with E-state index in [1.54, 1.807) is 17.5 Å². The molecule has 0 saturated heterocycles. The Morgan fingerprint density at radius 2 is 1.92 bits per heavy atom. The fraction of sp³-hybridized carbons (Fsp3) is 0.211. The van der Waals surface area contributed by atoms with E-state index in [1.807, 2.05) is 54.8 Å². The van der Waals surface area contributed by atoms with Gasteiger partial charge in [0.1, 0.15) is 6.61 Å². The molecule has 0 aliphatic rings. The SMILES string of the molecule is CCOc1cc(CNc2nccs2)c(Cl)cc1OCc1ccccc1. The summed E-state index contributed by atoms with van der Waals surface area (Å²) >= 11 is 7.98.